The van der Waals surface area contributed by atoms with Gasteiger partial charge < -0.3 is 9.53 Å². The Morgan fingerprint density at radius 1 is 1.12 bits per heavy atom. The van der Waals surface area contributed by atoms with Crippen LogP contribution in [-0.2, 0) is 4.79 Å². The van der Waals surface area contributed by atoms with Crippen LogP contribution in [0, 0.1) is 0 Å². The summed E-state index contributed by atoms with van der Waals surface area (Å²) in [6.07, 6.45) is 2.23. The normalized spacial score (nSPS) is 9.94. The third-order valence-corrected chi connectivity index (χ3v) is 1.86. The van der Waals surface area contributed by atoms with Crippen LogP contribution in [0.1, 0.15) is 47.5 Å². The van der Waals surface area contributed by atoms with Gasteiger partial charge in [-0.15, -0.1) is 0 Å². The molecule has 0 saturated carbocycles. The minimum atomic E-state index is 0.0138. The molecule has 0 N–H and O–H groups in total. The van der Waals surface area contributed by atoms with Crippen LogP contribution in [0.4, 0.5) is 0 Å². The highest BCUT2D eigenvalue weighted by Crippen LogP contribution is 2.13. The molecule has 1 rings (SSSR count). The second-order valence-electron chi connectivity index (χ2n) is 2.86. The Hall–Kier alpha value is -1.31. The zero-order valence-electron chi connectivity index (χ0n) is 11.8. The van der Waals surface area contributed by atoms with Gasteiger partial charge >= 0.3 is 0 Å². The fourth-order valence-corrected chi connectivity index (χ4v) is 1.10. The van der Waals surface area contributed by atoms with Crippen molar-refractivity contribution in [3.8, 4) is 5.75 Å². The van der Waals surface area contributed by atoms with Gasteiger partial charge in [0.05, 0.1) is 0 Å². The number of hydrogen-bond acceptors (Lipinski definition) is 2. The topological polar surface area (TPSA) is 26.3 Å². The van der Waals surface area contributed by atoms with E-state index >= 15 is 0 Å². The lowest BCUT2D eigenvalue weighted by Gasteiger charge is -2.14. The number of carbonyl (C=O) groups excluding carboxylic acids is 1. The largest absolute Gasteiger partial charge is 0.490 e. The molecule has 0 amide bonds. The van der Waals surface area contributed by atoms with Gasteiger partial charge in [-0.3, -0.25) is 0 Å². The molecule has 1 aromatic rings. The van der Waals surface area contributed by atoms with Crippen molar-refractivity contribution in [1.29, 1.82) is 0 Å². The van der Waals surface area contributed by atoms with E-state index < -0.39 is 0 Å². The Balaban J connectivity index is 0. The first-order valence-corrected chi connectivity index (χ1v) is 6.52. The van der Waals surface area contributed by atoms with Crippen LogP contribution in [0.5, 0.6) is 5.75 Å². The van der Waals surface area contributed by atoms with Crippen molar-refractivity contribution in [2.75, 3.05) is 0 Å². The maximum atomic E-state index is 10.3. The molecule has 1 unspecified atom stereocenters. The molecule has 0 aromatic heterocycles. The average Bonchev–Trinajstić information content (AvgIpc) is 2.44. The zero-order valence-corrected chi connectivity index (χ0v) is 11.8. The molecular weight excluding hydrogens is 212 g/mol. The lowest BCUT2D eigenvalue weighted by atomic mass is 10.2. The first-order valence-electron chi connectivity index (χ1n) is 6.52. The summed E-state index contributed by atoms with van der Waals surface area (Å²) in [5.41, 5.74) is 0. The third kappa shape index (κ3) is 9.61. The highest BCUT2D eigenvalue weighted by Gasteiger charge is 2.05. The van der Waals surface area contributed by atoms with E-state index in [0.29, 0.717) is 6.42 Å². The van der Waals surface area contributed by atoms with E-state index in [2.05, 4.69) is 0 Å². The van der Waals surface area contributed by atoms with Crippen LogP contribution >= 0.6 is 0 Å². The van der Waals surface area contributed by atoms with Crippen molar-refractivity contribution in [2.45, 2.75) is 53.6 Å². The SMILES string of the molecule is CC.CC.CCC(CC=O)Oc1ccccc1. The van der Waals surface area contributed by atoms with E-state index in [1.165, 1.54) is 0 Å². The monoisotopic (exact) mass is 238 g/mol. The summed E-state index contributed by atoms with van der Waals surface area (Å²) < 4.78 is 5.57. The number of rotatable bonds is 5. The molecule has 2 heteroatoms. The second-order valence-corrected chi connectivity index (χ2v) is 2.86. The summed E-state index contributed by atoms with van der Waals surface area (Å²) in [6.45, 7) is 10.0. The van der Waals surface area contributed by atoms with Gasteiger partial charge in [0.1, 0.15) is 18.1 Å². The predicted molar refractivity (Wildman–Crippen MR) is 74.5 cm³/mol. The average molecular weight is 238 g/mol. The van der Waals surface area contributed by atoms with Gasteiger partial charge in [-0.1, -0.05) is 52.8 Å². The summed E-state index contributed by atoms with van der Waals surface area (Å²) in [5, 5.41) is 0. The van der Waals surface area contributed by atoms with Crippen LogP contribution in [0.2, 0.25) is 0 Å². The van der Waals surface area contributed by atoms with Gasteiger partial charge in [0.25, 0.3) is 0 Å². The van der Waals surface area contributed by atoms with Crippen molar-refractivity contribution < 1.29 is 9.53 Å². The number of carbonyl (C=O) groups is 1. The van der Waals surface area contributed by atoms with E-state index in [1.807, 2.05) is 65.0 Å². The van der Waals surface area contributed by atoms with E-state index in [0.717, 1.165) is 18.5 Å². The van der Waals surface area contributed by atoms with Gasteiger partial charge in [-0.25, -0.2) is 0 Å². The van der Waals surface area contributed by atoms with Gasteiger partial charge in [-0.2, -0.15) is 0 Å². The summed E-state index contributed by atoms with van der Waals surface area (Å²) in [7, 11) is 0. The Bertz CT molecular complexity index is 244. The molecule has 0 aliphatic rings. The Kier molecular flexibility index (Phi) is 15.6. The molecule has 0 spiro atoms. The van der Waals surface area contributed by atoms with Gasteiger partial charge in [0.2, 0.25) is 0 Å². The van der Waals surface area contributed by atoms with Gasteiger partial charge in [-0.05, 0) is 18.6 Å². The minimum Gasteiger partial charge on any atom is -0.490 e. The van der Waals surface area contributed by atoms with Crippen molar-refractivity contribution in [2.24, 2.45) is 0 Å². The van der Waals surface area contributed by atoms with Crippen molar-refractivity contribution >= 4 is 6.29 Å². The summed E-state index contributed by atoms with van der Waals surface area (Å²) >= 11 is 0. The Morgan fingerprint density at radius 3 is 2.06 bits per heavy atom. The standard InChI is InChI=1S/C11H14O2.2C2H6/c1-2-10(8-9-12)13-11-6-4-3-5-7-11;2*1-2/h3-7,9-10H,2,8H2,1H3;2*1-2H3. The first kappa shape index (κ1) is 18.1. The van der Waals surface area contributed by atoms with Crippen LogP contribution in [0.25, 0.3) is 0 Å². The number of hydrogen-bond donors (Lipinski definition) is 0. The van der Waals surface area contributed by atoms with E-state index in [4.69, 9.17) is 4.74 Å². The Morgan fingerprint density at radius 2 is 1.65 bits per heavy atom. The summed E-state index contributed by atoms with van der Waals surface area (Å²) in [6, 6.07) is 9.57. The second kappa shape index (κ2) is 14.7. The molecule has 0 fully saturated rings. The number of ether oxygens (including phenoxy) is 1. The van der Waals surface area contributed by atoms with Crippen LogP contribution < -0.4 is 4.74 Å². The molecular formula is C15H26O2. The molecule has 0 saturated heterocycles. The fourth-order valence-electron chi connectivity index (χ4n) is 1.10. The van der Waals surface area contributed by atoms with Crippen LogP contribution in [0.3, 0.4) is 0 Å². The molecule has 17 heavy (non-hydrogen) atoms. The highest BCUT2D eigenvalue weighted by molar-refractivity contribution is 5.50. The molecule has 1 aromatic carbocycles. The fraction of sp³-hybridized carbons (Fsp3) is 0.533. The van der Waals surface area contributed by atoms with Crippen molar-refractivity contribution in [3.63, 3.8) is 0 Å². The molecule has 0 heterocycles. The number of benzene rings is 1. The smallest absolute Gasteiger partial charge is 0.123 e. The third-order valence-electron chi connectivity index (χ3n) is 1.86. The molecule has 1 atom stereocenters. The summed E-state index contributed by atoms with van der Waals surface area (Å²) in [4.78, 5) is 10.3. The van der Waals surface area contributed by atoms with E-state index in [9.17, 15) is 4.79 Å². The highest BCUT2D eigenvalue weighted by atomic mass is 16.5. The molecule has 98 valence electrons. The zero-order chi connectivity index (χ0) is 13.5. The Labute approximate surface area is 106 Å². The van der Waals surface area contributed by atoms with Crippen molar-refractivity contribution in [3.05, 3.63) is 30.3 Å². The van der Waals surface area contributed by atoms with Gasteiger partial charge in [0.15, 0.2) is 0 Å². The van der Waals surface area contributed by atoms with Gasteiger partial charge in [0, 0.05) is 6.42 Å². The first-order chi connectivity index (χ1) is 8.36. The van der Waals surface area contributed by atoms with E-state index in [1.54, 1.807) is 0 Å². The lowest BCUT2D eigenvalue weighted by Crippen LogP contribution is -2.15. The number of aldehydes is 1. The molecule has 0 radical (unpaired) electrons. The molecule has 0 aliphatic heterocycles. The molecule has 0 bridgehead atoms. The van der Waals surface area contributed by atoms with Crippen LogP contribution in [-0.4, -0.2) is 12.4 Å². The van der Waals surface area contributed by atoms with E-state index in [-0.39, 0.29) is 6.10 Å². The van der Waals surface area contributed by atoms with Crippen molar-refractivity contribution in [1.82, 2.24) is 0 Å². The lowest BCUT2D eigenvalue weighted by molar-refractivity contribution is -0.109. The molecule has 0 aliphatic carbocycles. The number of para-hydroxylation sites is 1. The quantitative estimate of drug-likeness (QED) is 0.707. The molecule has 2 nitrogen and oxygen atoms in total. The summed E-state index contributed by atoms with van der Waals surface area (Å²) in [5.74, 6) is 0.830. The maximum Gasteiger partial charge on any atom is 0.123 e. The maximum absolute atomic E-state index is 10.3. The minimum absolute atomic E-state index is 0.0138. The predicted octanol–water partition coefficient (Wildman–Crippen LogP) is 4.49. The van der Waals surface area contributed by atoms with Crippen LogP contribution in [0.15, 0.2) is 30.3 Å².